The van der Waals surface area contributed by atoms with Gasteiger partial charge in [0.1, 0.15) is 0 Å². The normalized spacial score (nSPS) is 19.4. The Morgan fingerprint density at radius 3 is 2.76 bits per heavy atom. The Balaban J connectivity index is 2.01. The molecule has 6 heteroatoms. The molecular weight excluding hydrogens is 281 g/mol. The molecule has 0 radical (unpaired) electrons. The van der Waals surface area contributed by atoms with Crippen molar-refractivity contribution in [3.63, 3.8) is 0 Å². The lowest BCUT2D eigenvalue weighted by atomic mass is 10.1. The molecule has 1 unspecified atom stereocenters. The van der Waals surface area contributed by atoms with Crippen molar-refractivity contribution in [2.45, 2.75) is 12.6 Å². The molecule has 1 atom stereocenters. The fourth-order valence-electron chi connectivity index (χ4n) is 2.79. The first-order valence-corrected chi connectivity index (χ1v) is 6.81. The van der Waals surface area contributed by atoms with Crippen LogP contribution < -0.4 is 4.90 Å². The summed E-state index contributed by atoms with van der Waals surface area (Å²) >= 11 is 0. The van der Waals surface area contributed by atoms with Crippen LogP contribution in [0.2, 0.25) is 0 Å². The average molecular weight is 296 g/mol. The molecular formula is C15H15F3N2O. The molecule has 3 rings (SSSR count). The van der Waals surface area contributed by atoms with Crippen molar-refractivity contribution in [3.05, 3.63) is 36.0 Å². The molecule has 3 nitrogen and oxygen atoms in total. The van der Waals surface area contributed by atoms with Crippen LogP contribution in [0.3, 0.4) is 0 Å². The van der Waals surface area contributed by atoms with Gasteiger partial charge in [-0.1, -0.05) is 6.07 Å². The summed E-state index contributed by atoms with van der Waals surface area (Å²) in [6.45, 7) is 1.65. The predicted molar refractivity (Wildman–Crippen MR) is 74.2 cm³/mol. The third-order valence-corrected chi connectivity index (χ3v) is 3.93. The zero-order chi connectivity index (χ0) is 15.0. The second-order valence-electron chi connectivity index (χ2n) is 5.34. The van der Waals surface area contributed by atoms with E-state index in [-0.39, 0.29) is 12.5 Å². The van der Waals surface area contributed by atoms with E-state index >= 15 is 0 Å². The summed E-state index contributed by atoms with van der Waals surface area (Å²) in [5, 5.41) is 9.92. The number of benzene rings is 1. The number of rotatable bonds is 2. The number of nitrogens with zero attached hydrogens (tertiary/aromatic N) is 2. The summed E-state index contributed by atoms with van der Waals surface area (Å²) < 4.78 is 38.2. The maximum absolute atomic E-state index is 12.7. The van der Waals surface area contributed by atoms with Gasteiger partial charge >= 0.3 is 6.18 Å². The van der Waals surface area contributed by atoms with E-state index in [0.29, 0.717) is 10.9 Å². The predicted octanol–water partition coefficient (Wildman–Crippen LogP) is 3.07. The molecule has 21 heavy (non-hydrogen) atoms. The minimum Gasteiger partial charge on any atom is -0.396 e. The van der Waals surface area contributed by atoms with Gasteiger partial charge < -0.3 is 10.0 Å². The first kappa shape index (κ1) is 14.1. The molecule has 2 aromatic rings. The van der Waals surface area contributed by atoms with Gasteiger partial charge in [-0.05, 0) is 24.6 Å². The highest BCUT2D eigenvalue weighted by Crippen LogP contribution is 2.34. The van der Waals surface area contributed by atoms with Crippen LogP contribution in [0.4, 0.5) is 18.9 Å². The van der Waals surface area contributed by atoms with Gasteiger partial charge in [0, 0.05) is 42.9 Å². The molecule has 0 saturated carbocycles. The van der Waals surface area contributed by atoms with E-state index in [2.05, 4.69) is 9.88 Å². The molecule has 1 N–H and O–H groups in total. The van der Waals surface area contributed by atoms with Crippen LogP contribution in [-0.4, -0.2) is 29.8 Å². The van der Waals surface area contributed by atoms with Crippen LogP contribution in [0.1, 0.15) is 12.0 Å². The number of anilines is 1. The van der Waals surface area contributed by atoms with Gasteiger partial charge in [0.25, 0.3) is 0 Å². The zero-order valence-corrected chi connectivity index (χ0v) is 11.3. The topological polar surface area (TPSA) is 36.4 Å². The lowest BCUT2D eigenvalue weighted by Gasteiger charge is -2.20. The van der Waals surface area contributed by atoms with Crippen LogP contribution in [0, 0.1) is 5.92 Å². The molecule has 0 bridgehead atoms. The molecule has 0 amide bonds. The minimum atomic E-state index is -4.36. The quantitative estimate of drug-likeness (QED) is 0.925. The van der Waals surface area contributed by atoms with Crippen molar-refractivity contribution in [1.82, 2.24) is 4.98 Å². The number of hydrogen-bond acceptors (Lipinski definition) is 3. The number of alkyl halides is 3. The summed E-state index contributed by atoms with van der Waals surface area (Å²) in [6.07, 6.45) is -1.94. The summed E-state index contributed by atoms with van der Waals surface area (Å²) in [5.41, 5.74) is 0.536. The highest BCUT2D eigenvalue weighted by Gasteiger charge is 2.31. The summed E-state index contributed by atoms with van der Waals surface area (Å²) in [4.78, 5) is 6.15. The standard InChI is InChI=1S/C15H15F3N2O/c16-15(17,18)11-1-2-12-13(7-11)19-5-3-14(12)20-6-4-10(8-20)9-21/h1-3,5,7,10,21H,4,6,8-9H2. The summed E-state index contributed by atoms with van der Waals surface area (Å²) in [6, 6.07) is 5.47. The molecule has 1 aliphatic rings. The van der Waals surface area contributed by atoms with Gasteiger partial charge in [-0.25, -0.2) is 0 Å². The van der Waals surface area contributed by atoms with Gasteiger partial charge in [0.2, 0.25) is 0 Å². The van der Waals surface area contributed by atoms with E-state index in [0.717, 1.165) is 37.3 Å². The molecule has 1 fully saturated rings. The van der Waals surface area contributed by atoms with E-state index in [1.54, 1.807) is 0 Å². The summed E-state index contributed by atoms with van der Waals surface area (Å²) in [7, 11) is 0. The molecule has 0 spiro atoms. The molecule has 1 saturated heterocycles. The fourth-order valence-corrected chi connectivity index (χ4v) is 2.79. The second kappa shape index (κ2) is 5.18. The summed E-state index contributed by atoms with van der Waals surface area (Å²) in [5.74, 6) is 0.225. The fraction of sp³-hybridized carbons (Fsp3) is 0.400. The lowest BCUT2D eigenvalue weighted by Crippen LogP contribution is -2.21. The maximum atomic E-state index is 12.7. The van der Waals surface area contributed by atoms with Crippen LogP contribution in [0.25, 0.3) is 10.9 Å². The van der Waals surface area contributed by atoms with Crippen molar-refractivity contribution < 1.29 is 18.3 Å². The highest BCUT2D eigenvalue weighted by atomic mass is 19.4. The first-order chi connectivity index (χ1) is 9.99. The van der Waals surface area contributed by atoms with Crippen molar-refractivity contribution in [2.24, 2.45) is 5.92 Å². The smallest absolute Gasteiger partial charge is 0.396 e. The number of pyridine rings is 1. The molecule has 2 heterocycles. The Morgan fingerprint density at radius 2 is 2.10 bits per heavy atom. The average Bonchev–Trinajstić information content (AvgIpc) is 2.94. The van der Waals surface area contributed by atoms with Crippen LogP contribution in [0.5, 0.6) is 0 Å². The van der Waals surface area contributed by atoms with Crippen molar-refractivity contribution in [2.75, 3.05) is 24.6 Å². The number of aromatic nitrogens is 1. The Labute approximate surface area is 120 Å². The monoisotopic (exact) mass is 296 g/mol. The van der Waals surface area contributed by atoms with Gasteiger partial charge in [0.15, 0.2) is 0 Å². The van der Waals surface area contributed by atoms with E-state index in [1.807, 2.05) is 6.07 Å². The van der Waals surface area contributed by atoms with Gasteiger partial charge in [-0.15, -0.1) is 0 Å². The van der Waals surface area contributed by atoms with Gasteiger partial charge in [0.05, 0.1) is 11.1 Å². The maximum Gasteiger partial charge on any atom is 0.416 e. The van der Waals surface area contributed by atoms with E-state index in [4.69, 9.17) is 0 Å². The Morgan fingerprint density at radius 1 is 1.29 bits per heavy atom. The minimum absolute atomic E-state index is 0.137. The van der Waals surface area contributed by atoms with Crippen LogP contribution in [0.15, 0.2) is 30.5 Å². The highest BCUT2D eigenvalue weighted by molar-refractivity contribution is 5.92. The Hall–Kier alpha value is -1.82. The van der Waals surface area contributed by atoms with Crippen molar-refractivity contribution in [3.8, 4) is 0 Å². The molecule has 112 valence electrons. The number of aliphatic hydroxyl groups is 1. The van der Waals surface area contributed by atoms with E-state index in [9.17, 15) is 18.3 Å². The molecule has 1 aliphatic heterocycles. The lowest BCUT2D eigenvalue weighted by molar-refractivity contribution is -0.137. The van der Waals surface area contributed by atoms with Crippen molar-refractivity contribution in [1.29, 1.82) is 0 Å². The van der Waals surface area contributed by atoms with E-state index < -0.39 is 11.7 Å². The van der Waals surface area contributed by atoms with Gasteiger partial charge in [-0.3, -0.25) is 4.98 Å². The molecule has 1 aromatic heterocycles. The second-order valence-corrected chi connectivity index (χ2v) is 5.34. The third-order valence-electron chi connectivity index (χ3n) is 3.93. The molecule has 0 aliphatic carbocycles. The first-order valence-electron chi connectivity index (χ1n) is 6.81. The number of halogens is 3. The van der Waals surface area contributed by atoms with E-state index in [1.165, 1.54) is 12.3 Å². The van der Waals surface area contributed by atoms with Gasteiger partial charge in [-0.2, -0.15) is 13.2 Å². The van der Waals surface area contributed by atoms with Crippen molar-refractivity contribution >= 4 is 16.6 Å². The number of fused-ring (bicyclic) bond motifs is 1. The Bertz CT molecular complexity index is 657. The van der Waals surface area contributed by atoms with Crippen LogP contribution >= 0.6 is 0 Å². The molecule has 1 aromatic carbocycles. The Kier molecular flexibility index (Phi) is 3.49. The zero-order valence-electron chi connectivity index (χ0n) is 11.3. The largest absolute Gasteiger partial charge is 0.416 e. The number of hydrogen-bond donors (Lipinski definition) is 1. The third kappa shape index (κ3) is 2.68. The number of aliphatic hydroxyl groups excluding tert-OH is 1. The SMILES string of the molecule is OCC1CCN(c2ccnc3cc(C(F)(F)F)ccc23)C1. The van der Waals surface area contributed by atoms with Crippen LogP contribution in [-0.2, 0) is 6.18 Å².